The summed E-state index contributed by atoms with van der Waals surface area (Å²) in [6, 6.07) is 15.9. The number of benzene rings is 1. The molecule has 1 aliphatic heterocycles. The zero-order valence-corrected chi connectivity index (χ0v) is 32.7. The maximum absolute atomic E-state index is 12.9. The van der Waals surface area contributed by atoms with E-state index < -0.39 is 42.4 Å². The second-order valence-electron chi connectivity index (χ2n) is 16.3. The predicted octanol–water partition coefficient (Wildman–Crippen LogP) is 7.42. The number of hydrogen-bond donors (Lipinski definition) is 1. The molecule has 5 rings (SSSR count). The lowest BCUT2D eigenvalue weighted by molar-refractivity contribution is 0.00578. The summed E-state index contributed by atoms with van der Waals surface area (Å²) in [5.41, 5.74) is 4.02. The van der Waals surface area contributed by atoms with Gasteiger partial charge in [-0.15, -0.1) is 0 Å². The predicted molar refractivity (Wildman–Crippen MR) is 199 cm³/mol. The van der Waals surface area contributed by atoms with Gasteiger partial charge in [-0.25, -0.2) is 18.6 Å². The van der Waals surface area contributed by atoms with Crippen LogP contribution in [0.1, 0.15) is 93.6 Å². The molecule has 12 heteroatoms. The zero-order chi connectivity index (χ0) is 35.4. The zero-order valence-electron chi connectivity index (χ0n) is 30.9. The average molecular weight is 690 g/mol. The molecule has 1 fully saturated rings. The van der Waals surface area contributed by atoms with Gasteiger partial charge in [-0.2, -0.15) is 5.10 Å². The molecule has 1 saturated heterocycles. The first-order valence-electron chi connectivity index (χ1n) is 16.7. The van der Waals surface area contributed by atoms with E-state index in [-0.39, 0.29) is 11.1 Å². The Kier molecular flexibility index (Phi) is 9.79. The third-order valence-electron chi connectivity index (χ3n) is 9.97. The molecule has 258 valence electrons. The van der Waals surface area contributed by atoms with E-state index in [4.69, 9.17) is 28.8 Å². The fourth-order valence-corrected chi connectivity index (χ4v) is 6.77. The Hall–Kier alpha value is -2.74. The smallest absolute Gasteiger partial charge is 0.411 e. The molecular formula is C36H52BN5O4SSi. The highest BCUT2D eigenvalue weighted by molar-refractivity contribution is 7.84. The topological polar surface area (TPSA) is 100 Å². The van der Waals surface area contributed by atoms with E-state index in [9.17, 15) is 4.21 Å². The summed E-state index contributed by atoms with van der Waals surface area (Å²) in [5, 5.41) is 5.86. The molecule has 0 saturated carbocycles. The SMILES string of the molecule is C[C@H](N[S@](=O)C(C)(C)C)c1cccc(-c2cc(B3OC(C)(C)C(C)(C)O3)c3cnn(-c4cccc(CO[Si](C)(C)C(C)(C)C)n4)c3c2)n1. The second kappa shape index (κ2) is 12.9. The monoisotopic (exact) mass is 689 g/mol. The molecule has 9 nitrogen and oxygen atoms in total. The van der Waals surface area contributed by atoms with E-state index in [0.29, 0.717) is 12.4 Å². The average Bonchev–Trinajstić information content (AvgIpc) is 3.51. The first-order valence-corrected chi connectivity index (χ1v) is 20.8. The van der Waals surface area contributed by atoms with Gasteiger partial charge in [0.1, 0.15) is 0 Å². The lowest BCUT2D eigenvalue weighted by atomic mass is 9.76. The molecule has 1 aromatic carbocycles. The molecule has 1 N–H and O–H groups in total. The van der Waals surface area contributed by atoms with Crippen LogP contribution in [0.2, 0.25) is 18.1 Å². The van der Waals surface area contributed by atoms with Crippen molar-refractivity contribution in [3.05, 3.63) is 66.1 Å². The summed E-state index contributed by atoms with van der Waals surface area (Å²) < 4.78 is 37.2. The standard InChI is InChI=1S/C36H52BN5O4SSi/c1-24(41-47(43)33(2,3)4)29-17-15-18-30(40-29)25-20-28(37-45-35(8,9)36(10,11)46-37)27-22-38-42(31(27)21-25)32-19-14-16-26(39-32)23-44-48(12,13)34(5,6)7/h14-22,24,41H,23H2,1-13H3/t24-,47+/m0/s1. The molecule has 0 spiro atoms. The Bertz CT molecular complexity index is 1810. The van der Waals surface area contributed by atoms with Crippen LogP contribution in [-0.2, 0) is 31.3 Å². The molecule has 3 aromatic heterocycles. The Morgan fingerprint density at radius 3 is 2.25 bits per heavy atom. The quantitative estimate of drug-likeness (QED) is 0.183. The van der Waals surface area contributed by atoms with Crippen molar-refractivity contribution in [2.24, 2.45) is 0 Å². The van der Waals surface area contributed by atoms with Gasteiger partial charge in [0.25, 0.3) is 0 Å². The number of rotatable bonds is 9. The largest absolute Gasteiger partial charge is 0.495 e. The molecule has 0 aliphatic carbocycles. The van der Waals surface area contributed by atoms with Crippen molar-refractivity contribution in [1.29, 1.82) is 0 Å². The summed E-state index contributed by atoms with van der Waals surface area (Å²) in [6.45, 7) is 27.7. The number of fused-ring (bicyclic) bond motifs is 1. The van der Waals surface area contributed by atoms with Gasteiger partial charge in [0, 0.05) is 10.9 Å². The van der Waals surface area contributed by atoms with E-state index >= 15 is 0 Å². The van der Waals surface area contributed by atoms with Gasteiger partial charge in [-0.05, 0) is 109 Å². The highest BCUT2D eigenvalue weighted by Crippen LogP contribution is 2.38. The van der Waals surface area contributed by atoms with E-state index in [0.717, 1.165) is 39.0 Å². The first kappa shape index (κ1) is 36.5. The molecule has 2 atom stereocenters. The third-order valence-corrected chi connectivity index (χ3v) is 16.1. The highest BCUT2D eigenvalue weighted by Gasteiger charge is 2.52. The number of aromatic nitrogens is 4. The summed E-state index contributed by atoms with van der Waals surface area (Å²) in [4.78, 5) is 10.0. The minimum absolute atomic E-state index is 0.103. The summed E-state index contributed by atoms with van der Waals surface area (Å²) >= 11 is 0. The van der Waals surface area contributed by atoms with Crippen LogP contribution in [0, 0.1) is 0 Å². The minimum Gasteiger partial charge on any atom is -0.411 e. The van der Waals surface area contributed by atoms with Gasteiger partial charge in [0.2, 0.25) is 0 Å². The van der Waals surface area contributed by atoms with Gasteiger partial charge < -0.3 is 13.7 Å². The van der Waals surface area contributed by atoms with E-state index in [1.54, 1.807) is 0 Å². The van der Waals surface area contributed by atoms with Crippen molar-refractivity contribution in [1.82, 2.24) is 24.5 Å². The van der Waals surface area contributed by atoms with Gasteiger partial charge in [-0.3, -0.25) is 4.98 Å². The number of nitrogens with zero attached hydrogens (tertiary/aromatic N) is 4. The Morgan fingerprint density at radius 1 is 0.979 bits per heavy atom. The van der Waals surface area contributed by atoms with Crippen molar-refractivity contribution in [2.75, 3.05) is 0 Å². The molecule has 4 aromatic rings. The van der Waals surface area contributed by atoms with Crippen LogP contribution in [0.25, 0.3) is 28.0 Å². The molecule has 0 bridgehead atoms. The van der Waals surface area contributed by atoms with Crippen LogP contribution in [-0.4, -0.2) is 55.3 Å². The highest BCUT2D eigenvalue weighted by atomic mass is 32.2. The van der Waals surface area contributed by atoms with Crippen LogP contribution in [0.4, 0.5) is 0 Å². The molecule has 0 amide bonds. The van der Waals surface area contributed by atoms with Crippen molar-refractivity contribution in [3.63, 3.8) is 0 Å². The number of nitrogens with one attached hydrogen (secondary N) is 1. The van der Waals surface area contributed by atoms with Crippen molar-refractivity contribution in [2.45, 2.75) is 123 Å². The van der Waals surface area contributed by atoms with Gasteiger partial charge in [0.15, 0.2) is 14.1 Å². The van der Waals surface area contributed by atoms with Crippen molar-refractivity contribution < 1.29 is 17.9 Å². The molecule has 48 heavy (non-hydrogen) atoms. The lowest BCUT2D eigenvalue weighted by Crippen LogP contribution is -2.41. The molecule has 4 heterocycles. The summed E-state index contributed by atoms with van der Waals surface area (Å²) in [5.74, 6) is 0.697. The lowest BCUT2D eigenvalue weighted by Gasteiger charge is -2.36. The molecule has 0 unspecified atom stereocenters. The van der Waals surface area contributed by atoms with Gasteiger partial charge in [0.05, 0.1) is 68.4 Å². The third kappa shape index (κ3) is 7.39. The summed E-state index contributed by atoms with van der Waals surface area (Å²) in [7, 11) is -3.80. The van der Waals surface area contributed by atoms with E-state index in [2.05, 4.69) is 78.4 Å². The number of pyridine rings is 2. The number of hydrogen-bond acceptors (Lipinski definition) is 7. The fourth-order valence-electron chi connectivity index (χ4n) is 5.04. The molecular weight excluding hydrogens is 637 g/mol. The van der Waals surface area contributed by atoms with E-state index in [1.165, 1.54) is 0 Å². The van der Waals surface area contributed by atoms with E-state index in [1.807, 2.05) is 75.0 Å². The van der Waals surface area contributed by atoms with Gasteiger partial charge >= 0.3 is 7.12 Å². The minimum atomic E-state index is -1.96. The summed E-state index contributed by atoms with van der Waals surface area (Å²) in [6.07, 6.45) is 1.86. The van der Waals surface area contributed by atoms with Crippen molar-refractivity contribution >= 4 is 42.8 Å². The van der Waals surface area contributed by atoms with Crippen LogP contribution >= 0.6 is 0 Å². The van der Waals surface area contributed by atoms with Crippen molar-refractivity contribution in [3.8, 4) is 17.1 Å². The maximum atomic E-state index is 12.9. The van der Waals surface area contributed by atoms with Crippen LogP contribution in [0.5, 0.6) is 0 Å². The first-order chi connectivity index (χ1) is 22.1. The second-order valence-corrected chi connectivity index (χ2v) is 23.2. The molecule has 0 radical (unpaired) electrons. The Balaban J connectivity index is 1.59. The van der Waals surface area contributed by atoms with Gasteiger partial charge in [-0.1, -0.05) is 39.0 Å². The Morgan fingerprint density at radius 2 is 1.62 bits per heavy atom. The molecule has 1 aliphatic rings. The fraction of sp³-hybridized carbons (Fsp3) is 0.528. The normalized spacial score (nSPS) is 18.0. The van der Waals surface area contributed by atoms with Crippen LogP contribution in [0.15, 0.2) is 54.7 Å². The maximum Gasteiger partial charge on any atom is 0.495 e. The Labute approximate surface area is 290 Å². The van der Waals surface area contributed by atoms with Crippen LogP contribution in [0.3, 0.4) is 0 Å². The van der Waals surface area contributed by atoms with Crippen LogP contribution < -0.4 is 10.2 Å².